The number of nitrogen functional groups attached to an aromatic ring is 2. The molecular formula is C10H14N6. The topological polar surface area (TPSA) is 95.6 Å². The first-order valence-corrected chi connectivity index (χ1v) is 5.13. The zero-order valence-corrected chi connectivity index (χ0v) is 9.09. The Bertz CT molecular complexity index is 470. The number of anilines is 2. The fourth-order valence-corrected chi connectivity index (χ4v) is 1.56. The lowest BCUT2D eigenvalue weighted by Gasteiger charge is -2.06. The van der Waals surface area contributed by atoms with Gasteiger partial charge in [-0.2, -0.15) is 10.1 Å². The monoisotopic (exact) mass is 218 g/mol. The SMILES string of the molecule is CCCn1nccc1-c1cc(N)nc(N)n1. The molecule has 0 fully saturated rings. The summed E-state index contributed by atoms with van der Waals surface area (Å²) in [5.74, 6) is 0.547. The van der Waals surface area contributed by atoms with Gasteiger partial charge in [-0.25, -0.2) is 4.98 Å². The highest BCUT2D eigenvalue weighted by Gasteiger charge is 2.08. The quantitative estimate of drug-likeness (QED) is 0.798. The second-order valence-corrected chi connectivity index (χ2v) is 3.48. The Kier molecular flexibility index (Phi) is 2.72. The highest BCUT2D eigenvalue weighted by molar-refractivity contribution is 5.59. The summed E-state index contributed by atoms with van der Waals surface area (Å²) in [6.45, 7) is 2.93. The molecule has 6 heteroatoms. The van der Waals surface area contributed by atoms with Crippen LogP contribution in [0.2, 0.25) is 0 Å². The molecule has 0 saturated heterocycles. The van der Waals surface area contributed by atoms with Crippen molar-refractivity contribution in [3.05, 3.63) is 18.3 Å². The van der Waals surface area contributed by atoms with Gasteiger partial charge in [-0.05, 0) is 12.5 Å². The molecule has 0 radical (unpaired) electrons. The van der Waals surface area contributed by atoms with Gasteiger partial charge < -0.3 is 11.5 Å². The Morgan fingerprint density at radius 3 is 2.81 bits per heavy atom. The molecule has 0 aliphatic rings. The molecule has 16 heavy (non-hydrogen) atoms. The maximum absolute atomic E-state index is 5.63. The number of aromatic nitrogens is 4. The highest BCUT2D eigenvalue weighted by atomic mass is 15.3. The molecule has 0 bridgehead atoms. The molecule has 0 unspecified atom stereocenters. The Morgan fingerprint density at radius 1 is 1.31 bits per heavy atom. The Balaban J connectivity index is 2.45. The summed E-state index contributed by atoms with van der Waals surface area (Å²) in [4.78, 5) is 7.98. The largest absolute Gasteiger partial charge is 0.384 e. The number of aryl methyl sites for hydroxylation is 1. The molecule has 2 aromatic rings. The Labute approximate surface area is 93.3 Å². The van der Waals surface area contributed by atoms with Gasteiger partial charge in [0.25, 0.3) is 0 Å². The second-order valence-electron chi connectivity index (χ2n) is 3.48. The fourth-order valence-electron chi connectivity index (χ4n) is 1.56. The third kappa shape index (κ3) is 1.95. The van der Waals surface area contributed by atoms with Crippen LogP contribution in [0.15, 0.2) is 18.3 Å². The first-order valence-electron chi connectivity index (χ1n) is 5.13. The summed E-state index contributed by atoms with van der Waals surface area (Å²) < 4.78 is 1.88. The zero-order chi connectivity index (χ0) is 11.5. The van der Waals surface area contributed by atoms with E-state index in [9.17, 15) is 0 Å². The van der Waals surface area contributed by atoms with Crippen LogP contribution in [-0.2, 0) is 6.54 Å². The first-order chi connectivity index (χ1) is 7.70. The van der Waals surface area contributed by atoms with Crippen molar-refractivity contribution in [3.8, 4) is 11.4 Å². The van der Waals surface area contributed by atoms with E-state index in [1.165, 1.54) is 0 Å². The predicted molar refractivity (Wildman–Crippen MR) is 62.4 cm³/mol. The minimum atomic E-state index is 0.180. The highest BCUT2D eigenvalue weighted by Crippen LogP contribution is 2.19. The summed E-state index contributed by atoms with van der Waals surface area (Å²) in [5, 5.41) is 4.22. The first kappa shape index (κ1) is 10.4. The van der Waals surface area contributed by atoms with Gasteiger partial charge >= 0.3 is 0 Å². The third-order valence-corrected chi connectivity index (χ3v) is 2.18. The van der Waals surface area contributed by atoms with Crippen molar-refractivity contribution in [1.82, 2.24) is 19.7 Å². The minimum absolute atomic E-state index is 0.180. The van der Waals surface area contributed by atoms with Crippen LogP contribution in [0.3, 0.4) is 0 Å². The number of rotatable bonds is 3. The number of hydrogen-bond acceptors (Lipinski definition) is 5. The molecule has 2 rings (SSSR count). The lowest BCUT2D eigenvalue weighted by atomic mass is 10.3. The Morgan fingerprint density at radius 2 is 2.12 bits per heavy atom. The van der Waals surface area contributed by atoms with Crippen molar-refractivity contribution in [2.45, 2.75) is 19.9 Å². The van der Waals surface area contributed by atoms with E-state index in [0.717, 1.165) is 18.7 Å². The van der Waals surface area contributed by atoms with Gasteiger partial charge in [0.2, 0.25) is 5.95 Å². The molecule has 0 amide bonds. The van der Waals surface area contributed by atoms with Crippen LogP contribution in [0, 0.1) is 0 Å². The van der Waals surface area contributed by atoms with Gasteiger partial charge in [0.1, 0.15) is 5.82 Å². The van der Waals surface area contributed by atoms with E-state index in [4.69, 9.17) is 11.5 Å². The number of hydrogen-bond donors (Lipinski definition) is 2. The summed E-state index contributed by atoms with van der Waals surface area (Å²) in [6, 6.07) is 3.58. The summed E-state index contributed by atoms with van der Waals surface area (Å²) in [5.41, 5.74) is 12.8. The van der Waals surface area contributed by atoms with Crippen LogP contribution in [0.4, 0.5) is 11.8 Å². The van der Waals surface area contributed by atoms with Gasteiger partial charge in [-0.1, -0.05) is 6.92 Å². The van der Waals surface area contributed by atoms with Gasteiger partial charge in [0, 0.05) is 18.8 Å². The average molecular weight is 218 g/mol. The van der Waals surface area contributed by atoms with Crippen molar-refractivity contribution in [1.29, 1.82) is 0 Å². The smallest absolute Gasteiger partial charge is 0.222 e. The van der Waals surface area contributed by atoms with E-state index in [1.54, 1.807) is 12.3 Å². The van der Waals surface area contributed by atoms with Crippen LogP contribution in [-0.4, -0.2) is 19.7 Å². The minimum Gasteiger partial charge on any atom is -0.384 e. The maximum atomic E-state index is 5.63. The molecular weight excluding hydrogens is 204 g/mol. The molecule has 2 aromatic heterocycles. The van der Waals surface area contributed by atoms with E-state index in [1.807, 2.05) is 10.7 Å². The van der Waals surface area contributed by atoms with Crippen LogP contribution in [0.1, 0.15) is 13.3 Å². The van der Waals surface area contributed by atoms with Gasteiger partial charge in [0.05, 0.1) is 11.4 Å². The lowest BCUT2D eigenvalue weighted by Crippen LogP contribution is -2.05. The van der Waals surface area contributed by atoms with Crippen LogP contribution in [0.5, 0.6) is 0 Å². The van der Waals surface area contributed by atoms with Crippen LogP contribution >= 0.6 is 0 Å². The normalized spacial score (nSPS) is 10.6. The van der Waals surface area contributed by atoms with E-state index in [0.29, 0.717) is 11.5 Å². The van der Waals surface area contributed by atoms with Crippen molar-refractivity contribution in [2.75, 3.05) is 11.5 Å². The summed E-state index contributed by atoms with van der Waals surface area (Å²) in [6.07, 6.45) is 2.74. The lowest BCUT2D eigenvalue weighted by molar-refractivity contribution is 0.608. The van der Waals surface area contributed by atoms with E-state index in [2.05, 4.69) is 22.0 Å². The molecule has 0 spiro atoms. The summed E-state index contributed by atoms with van der Waals surface area (Å²) in [7, 11) is 0. The molecule has 2 heterocycles. The van der Waals surface area contributed by atoms with Gasteiger partial charge in [-0.15, -0.1) is 0 Å². The standard InChI is InChI=1S/C10H14N6/c1-2-5-16-8(3-4-13-16)7-6-9(11)15-10(12)14-7/h3-4,6H,2,5H2,1H3,(H4,11,12,14,15). The van der Waals surface area contributed by atoms with Crippen molar-refractivity contribution in [3.63, 3.8) is 0 Å². The Hall–Kier alpha value is -2.11. The number of nitrogens with zero attached hydrogens (tertiary/aromatic N) is 4. The third-order valence-electron chi connectivity index (χ3n) is 2.18. The van der Waals surface area contributed by atoms with Gasteiger partial charge in [0.15, 0.2) is 0 Å². The molecule has 0 saturated carbocycles. The van der Waals surface area contributed by atoms with Crippen molar-refractivity contribution in [2.24, 2.45) is 0 Å². The van der Waals surface area contributed by atoms with Crippen molar-refractivity contribution < 1.29 is 0 Å². The van der Waals surface area contributed by atoms with E-state index in [-0.39, 0.29) is 5.95 Å². The van der Waals surface area contributed by atoms with Crippen LogP contribution in [0.25, 0.3) is 11.4 Å². The molecule has 0 aromatic carbocycles. The molecule has 4 N–H and O–H groups in total. The van der Waals surface area contributed by atoms with Crippen molar-refractivity contribution >= 4 is 11.8 Å². The maximum Gasteiger partial charge on any atom is 0.222 e. The van der Waals surface area contributed by atoms with Gasteiger partial charge in [-0.3, -0.25) is 4.68 Å². The van der Waals surface area contributed by atoms with Crippen LogP contribution < -0.4 is 11.5 Å². The summed E-state index contributed by atoms with van der Waals surface area (Å²) >= 11 is 0. The second kappa shape index (κ2) is 4.18. The molecule has 0 aliphatic carbocycles. The number of nitrogens with two attached hydrogens (primary N) is 2. The zero-order valence-electron chi connectivity index (χ0n) is 9.09. The predicted octanol–water partition coefficient (Wildman–Crippen LogP) is 0.915. The van der Waals surface area contributed by atoms with E-state index >= 15 is 0 Å². The molecule has 84 valence electrons. The average Bonchev–Trinajstić information content (AvgIpc) is 2.65. The van der Waals surface area contributed by atoms with E-state index < -0.39 is 0 Å². The molecule has 6 nitrogen and oxygen atoms in total. The fraction of sp³-hybridized carbons (Fsp3) is 0.300. The molecule has 0 aliphatic heterocycles. The molecule has 0 atom stereocenters.